The first-order valence-electron chi connectivity index (χ1n) is 4.18. The molecule has 0 unspecified atom stereocenters. The highest BCUT2D eigenvalue weighted by Gasteiger charge is 2.28. The predicted octanol–water partition coefficient (Wildman–Crippen LogP) is 0.113. The first kappa shape index (κ1) is 7.54. The summed E-state index contributed by atoms with van der Waals surface area (Å²) in [5, 5.41) is 11.0. The van der Waals surface area contributed by atoms with E-state index in [4.69, 9.17) is 5.73 Å². The molecule has 0 saturated heterocycles. The summed E-state index contributed by atoms with van der Waals surface area (Å²) < 4.78 is 2.10. The molecule has 66 valence electrons. The molecule has 1 aliphatic carbocycles. The van der Waals surface area contributed by atoms with Gasteiger partial charge in [0.15, 0.2) is 0 Å². The molecule has 0 amide bonds. The minimum Gasteiger partial charge on any atom is -0.357 e. The molecule has 12 heavy (non-hydrogen) atoms. The van der Waals surface area contributed by atoms with Crippen molar-refractivity contribution in [1.29, 1.82) is 0 Å². The highest BCUT2D eigenvalue weighted by Crippen LogP contribution is 2.37. The molecule has 0 bridgehead atoms. The molecule has 3 N–H and O–H groups in total. The van der Waals surface area contributed by atoms with Gasteiger partial charge in [-0.1, -0.05) is 0 Å². The van der Waals surface area contributed by atoms with Gasteiger partial charge in [-0.05, 0) is 12.8 Å². The van der Waals surface area contributed by atoms with Gasteiger partial charge in [0.2, 0.25) is 5.95 Å². The van der Waals surface area contributed by atoms with Crippen LogP contribution in [0.1, 0.15) is 24.7 Å². The van der Waals surface area contributed by atoms with Crippen LogP contribution >= 0.6 is 0 Å². The fraction of sp³-hybridized carbons (Fsp3) is 0.714. The molecular formula is C7H13N5. The SMILES string of the molecule is CNc1nnc(CN)n1C1CC1. The highest BCUT2D eigenvalue weighted by atomic mass is 15.4. The second kappa shape index (κ2) is 2.75. The van der Waals surface area contributed by atoms with Crippen LogP contribution in [0.4, 0.5) is 5.95 Å². The Labute approximate surface area is 71.0 Å². The van der Waals surface area contributed by atoms with Crippen LogP contribution in [0.2, 0.25) is 0 Å². The van der Waals surface area contributed by atoms with E-state index in [2.05, 4.69) is 20.1 Å². The van der Waals surface area contributed by atoms with E-state index in [1.54, 1.807) is 0 Å². The van der Waals surface area contributed by atoms with Gasteiger partial charge in [0.25, 0.3) is 0 Å². The molecule has 5 nitrogen and oxygen atoms in total. The lowest BCUT2D eigenvalue weighted by Gasteiger charge is -2.05. The largest absolute Gasteiger partial charge is 0.357 e. The van der Waals surface area contributed by atoms with Gasteiger partial charge < -0.3 is 11.1 Å². The Morgan fingerprint density at radius 2 is 2.33 bits per heavy atom. The first-order valence-corrected chi connectivity index (χ1v) is 4.18. The molecular weight excluding hydrogens is 154 g/mol. The maximum Gasteiger partial charge on any atom is 0.224 e. The lowest BCUT2D eigenvalue weighted by Crippen LogP contribution is -2.09. The number of nitrogens with two attached hydrogens (primary N) is 1. The van der Waals surface area contributed by atoms with Gasteiger partial charge in [0.05, 0.1) is 6.54 Å². The molecule has 5 heteroatoms. The molecule has 1 aromatic rings. The van der Waals surface area contributed by atoms with Crippen LogP contribution in [0, 0.1) is 0 Å². The van der Waals surface area contributed by atoms with Crippen molar-refractivity contribution < 1.29 is 0 Å². The van der Waals surface area contributed by atoms with Crippen molar-refractivity contribution in [3.8, 4) is 0 Å². The summed E-state index contributed by atoms with van der Waals surface area (Å²) in [6, 6.07) is 0.584. The van der Waals surface area contributed by atoms with Crippen molar-refractivity contribution in [3.05, 3.63) is 5.82 Å². The van der Waals surface area contributed by atoms with Crippen LogP contribution in [0.3, 0.4) is 0 Å². The fourth-order valence-corrected chi connectivity index (χ4v) is 1.35. The number of aromatic nitrogens is 3. The third kappa shape index (κ3) is 1.06. The van der Waals surface area contributed by atoms with Crippen LogP contribution in [0.25, 0.3) is 0 Å². The maximum atomic E-state index is 5.53. The molecule has 1 heterocycles. The van der Waals surface area contributed by atoms with E-state index in [9.17, 15) is 0 Å². The zero-order chi connectivity index (χ0) is 8.55. The molecule has 0 aromatic carbocycles. The zero-order valence-electron chi connectivity index (χ0n) is 7.12. The van der Waals surface area contributed by atoms with E-state index in [1.165, 1.54) is 12.8 Å². The molecule has 0 atom stereocenters. The molecule has 0 spiro atoms. The third-order valence-corrected chi connectivity index (χ3v) is 2.08. The van der Waals surface area contributed by atoms with Gasteiger partial charge in [-0.25, -0.2) is 0 Å². The second-order valence-electron chi connectivity index (χ2n) is 3.00. The van der Waals surface area contributed by atoms with Gasteiger partial charge in [-0.2, -0.15) is 0 Å². The fourth-order valence-electron chi connectivity index (χ4n) is 1.35. The van der Waals surface area contributed by atoms with Crippen molar-refractivity contribution in [3.63, 3.8) is 0 Å². The van der Waals surface area contributed by atoms with Gasteiger partial charge in [0.1, 0.15) is 5.82 Å². The van der Waals surface area contributed by atoms with Crippen LogP contribution in [-0.2, 0) is 6.54 Å². The maximum absolute atomic E-state index is 5.53. The number of nitrogens with zero attached hydrogens (tertiary/aromatic N) is 3. The number of nitrogens with one attached hydrogen (secondary N) is 1. The van der Waals surface area contributed by atoms with Gasteiger partial charge in [-0.15, -0.1) is 10.2 Å². The molecule has 0 radical (unpaired) electrons. The van der Waals surface area contributed by atoms with Crippen molar-refractivity contribution in [2.75, 3.05) is 12.4 Å². The third-order valence-electron chi connectivity index (χ3n) is 2.08. The van der Waals surface area contributed by atoms with E-state index in [-0.39, 0.29) is 0 Å². The predicted molar refractivity (Wildman–Crippen MR) is 45.7 cm³/mol. The van der Waals surface area contributed by atoms with Gasteiger partial charge in [-0.3, -0.25) is 4.57 Å². The van der Waals surface area contributed by atoms with E-state index < -0.39 is 0 Å². The summed E-state index contributed by atoms with van der Waals surface area (Å²) in [7, 11) is 1.85. The quantitative estimate of drug-likeness (QED) is 0.670. The van der Waals surface area contributed by atoms with Crippen LogP contribution in [-0.4, -0.2) is 21.8 Å². The standard InChI is InChI=1S/C7H13N5/c1-9-7-11-10-6(4-8)12(7)5-2-3-5/h5H,2-4,8H2,1H3,(H,9,11). The van der Waals surface area contributed by atoms with Crippen LogP contribution < -0.4 is 11.1 Å². The zero-order valence-corrected chi connectivity index (χ0v) is 7.12. The van der Waals surface area contributed by atoms with E-state index in [0.717, 1.165) is 11.8 Å². The molecule has 1 fully saturated rings. The number of hydrogen-bond acceptors (Lipinski definition) is 4. The minimum atomic E-state index is 0.463. The summed E-state index contributed by atoms with van der Waals surface area (Å²) in [6.45, 7) is 0.463. The molecule has 1 aliphatic rings. The molecule has 0 aliphatic heterocycles. The lowest BCUT2D eigenvalue weighted by atomic mass is 10.5. The summed E-state index contributed by atoms with van der Waals surface area (Å²) in [4.78, 5) is 0. The first-order chi connectivity index (χ1) is 5.86. The van der Waals surface area contributed by atoms with Crippen molar-refractivity contribution in [2.45, 2.75) is 25.4 Å². The van der Waals surface area contributed by atoms with Crippen molar-refractivity contribution in [2.24, 2.45) is 5.73 Å². The monoisotopic (exact) mass is 167 g/mol. The lowest BCUT2D eigenvalue weighted by molar-refractivity contribution is 0.687. The van der Waals surface area contributed by atoms with Gasteiger partial charge >= 0.3 is 0 Å². The second-order valence-corrected chi connectivity index (χ2v) is 3.00. The van der Waals surface area contributed by atoms with Crippen molar-refractivity contribution in [1.82, 2.24) is 14.8 Å². The molecule has 1 aromatic heterocycles. The minimum absolute atomic E-state index is 0.463. The highest BCUT2D eigenvalue weighted by molar-refractivity contribution is 5.26. The number of anilines is 1. The molecule has 2 rings (SSSR count). The summed E-state index contributed by atoms with van der Waals surface area (Å²) in [5.41, 5.74) is 5.53. The summed E-state index contributed by atoms with van der Waals surface area (Å²) >= 11 is 0. The number of hydrogen-bond donors (Lipinski definition) is 2. The Bertz CT molecular complexity index is 254. The average molecular weight is 167 g/mol. The van der Waals surface area contributed by atoms with Crippen LogP contribution in [0.5, 0.6) is 0 Å². The van der Waals surface area contributed by atoms with Gasteiger partial charge in [0, 0.05) is 13.1 Å². The summed E-state index contributed by atoms with van der Waals surface area (Å²) in [5.74, 6) is 1.71. The summed E-state index contributed by atoms with van der Waals surface area (Å²) in [6.07, 6.45) is 2.44. The van der Waals surface area contributed by atoms with Crippen LogP contribution in [0.15, 0.2) is 0 Å². The Morgan fingerprint density at radius 1 is 1.58 bits per heavy atom. The Kier molecular flexibility index (Phi) is 1.73. The Hall–Kier alpha value is -1.10. The van der Waals surface area contributed by atoms with E-state index in [1.807, 2.05) is 7.05 Å². The Morgan fingerprint density at radius 3 is 2.83 bits per heavy atom. The van der Waals surface area contributed by atoms with Crippen molar-refractivity contribution >= 4 is 5.95 Å². The van der Waals surface area contributed by atoms with E-state index in [0.29, 0.717) is 12.6 Å². The topological polar surface area (TPSA) is 68.8 Å². The molecule has 1 saturated carbocycles. The normalized spacial score (nSPS) is 16.5. The van der Waals surface area contributed by atoms with E-state index >= 15 is 0 Å². The smallest absolute Gasteiger partial charge is 0.224 e. The number of rotatable bonds is 3. The Balaban J connectivity index is 2.36. The average Bonchev–Trinajstić information content (AvgIpc) is 2.85.